The van der Waals surface area contributed by atoms with Gasteiger partial charge in [0, 0.05) is 16.5 Å². The number of hydrogen-bond donors (Lipinski definition) is 2. The molecule has 0 unspecified atom stereocenters. The molecule has 0 amide bonds. The highest BCUT2D eigenvalue weighted by molar-refractivity contribution is 5.95. The summed E-state index contributed by atoms with van der Waals surface area (Å²) < 4.78 is 10.7. The van der Waals surface area contributed by atoms with E-state index in [0.717, 1.165) is 39.7 Å². The number of para-hydroxylation sites is 1. The van der Waals surface area contributed by atoms with E-state index < -0.39 is 5.97 Å². The molecular formula is C20H21NO4. The number of methoxy groups -OCH3 is 2. The minimum atomic E-state index is -0.857. The van der Waals surface area contributed by atoms with Crippen LogP contribution in [-0.4, -0.2) is 30.3 Å². The van der Waals surface area contributed by atoms with Crippen molar-refractivity contribution in [2.45, 2.75) is 19.8 Å². The Morgan fingerprint density at radius 1 is 1.12 bits per heavy atom. The maximum atomic E-state index is 11.4. The van der Waals surface area contributed by atoms with Gasteiger partial charge in [0.2, 0.25) is 0 Å². The van der Waals surface area contributed by atoms with Crippen molar-refractivity contribution in [3.63, 3.8) is 0 Å². The number of fused-ring (bicyclic) bond motifs is 1. The average molecular weight is 339 g/mol. The summed E-state index contributed by atoms with van der Waals surface area (Å²) in [7, 11) is 3.17. The number of carboxylic acid groups (broad SMARTS) is 1. The highest BCUT2D eigenvalue weighted by Crippen LogP contribution is 2.37. The molecule has 0 aliphatic carbocycles. The first-order chi connectivity index (χ1) is 12.1. The molecule has 2 N–H and O–H groups in total. The van der Waals surface area contributed by atoms with Gasteiger partial charge >= 0.3 is 5.97 Å². The first-order valence-corrected chi connectivity index (χ1v) is 8.15. The van der Waals surface area contributed by atoms with Gasteiger partial charge in [-0.1, -0.05) is 25.1 Å². The van der Waals surface area contributed by atoms with Crippen molar-refractivity contribution in [3.05, 3.63) is 47.5 Å². The molecular weight excluding hydrogens is 318 g/mol. The Bertz CT molecular complexity index is 927. The fourth-order valence-corrected chi connectivity index (χ4v) is 3.20. The Hall–Kier alpha value is -2.95. The molecule has 130 valence electrons. The van der Waals surface area contributed by atoms with Crippen LogP contribution in [0.4, 0.5) is 0 Å². The molecule has 3 rings (SSSR count). The average Bonchev–Trinajstić information content (AvgIpc) is 2.99. The number of carboxylic acids is 1. The van der Waals surface area contributed by atoms with Gasteiger partial charge < -0.3 is 19.6 Å². The Balaban J connectivity index is 2.26. The number of ether oxygens (including phenoxy) is 2. The summed E-state index contributed by atoms with van der Waals surface area (Å²) in [6.07, 6.45) is 0.826. The van der Waals surface area contributed by atoms with Gasteiger partial charge in [-0.3, -0.25) is 4.79 Å². The van der Waals surface area contributed by atoms with E-state index in [2.05, 4.69) is 18.0 Å². The van der Waals surface area contributed by atoms with Crippen molar-refractivity contribution in [3.8, 4) is 22.8 Å². The van der Waals surface area contributed by atoms with Crippen LogP contribution in [-0.2, 0) is 17.6 Å². The lowest BCUT2D eigenvalue weighted by atomic mass is 10.0. The lowest BCUT2D eigenvalue weighted by Gasteiger charge is -2.10. The Morgan fingerprint density at radius 3 is 2.52 bits per heavy atom. The number of carbonyl (C=O) groups is 1. The number of aromatic nitrogens is 1. The van der Waals surface area contributed by atoms with Crippen LogP contribution in [0.2, 0.25) is 0 Å². The van der Waals surface area contributed by atoms with Crippen molar-refractivity contribution >= 4 is 16.9 Å². The van der Waals surface area contributed by atoms with Crippen molar-refractivity contribution in [2.24, 2.45) is 0 Å². The molecule has 0 fully saturated rings. The maximum absolute atomic E-state index is 11.4. The fraction of sp³-hybridized carbons (Fsp3) is 0.250. The first-order valence-electron chi connectivity index (χ1n) is 8.15. The van der Waals surface area contributed by atoms with Crippen molar-refractivity contribution < 1.29 is 19.4 Å². The molecule has 0 atom stereocenters. The number of aliphatic carboxylic acids is 1. The van der Waals surface area contributed by atoms with Gasteiger partial charge in [-0.05, 0) is 35.7 Å². The van der Waals surface area contributed by atoms with E-state index in [1.165, 1.54) is 0 Å². The van der Waals surface area contributed by atoms with Crippen LogP contribution in [0.5, 0.6) is 11.5 Å². The van der Waals surface area contributed by atoms with Crippen molar-refractivity contribution in [1.29, 1.82) is 0 Å². The predicted octanol–water partition coefficient (Wildman–Crippen LogP) is 4.04. The highest BCUT2D eigenvalue weighted by atomic mass is 16.5. The van der Waals surface area contributed by atoms with E-state index in [4.69, 9.17) is 9.47 Å². The summed E-state index contributed by atoms with van der Waals surface area (Å²) in [5, 5.41) is 10.3. The number of benzene rings is 2. The van der Waals surface area contributed by atoms with Crippen molar-refractivity contribution in [2.75, 3.05) is 14.2 Å². The van der Waals surface area contributed by atoms with Crippen LogP contribution >= 0.6 is 0 Å². The third-order valence-electron chi connectivity index (χ3n) is 4.41. The number of rotatable bonds is 6. The Kier molecular flexibility index (Phi) is 4.65. The highest BCUT2D eigenvalue weighted by Gasteiger charge is 2.18. The van der Waals surface area contributed by atoms with Gasteiger partial charge in [-0.25, -0.2) is 0 Å². The summed E-state index contributed by atoms with van der Waals surface area (Å²) in [5.41, 5.74) is 4.61. The molecule has 5 heteroatoms. The molecule has 1 aromatic heterocycles. The number of nitrogens with one attached hydrogen (secondary N) is 1. The molecule has 5 nitrogen and oxygen atoms in total. The molecule has 0 saturated heterocycles. The van der Waals surface area contributed by atoms with E-state index in [-0.39, 0.29) is 6.42 Å². The van der Waals surface area contributed by atoms with E-state index in [9.17, 15) is 9.90 Å². The number of H-pyrrole nitrogens is 1. The number of hydrogen-bond acceptors (Lipinski definition) is 3. The number of aryl methyl sites for hydroxylation is 1. The lowest BCUT2D eigenvalue weighted by molar-refractivity contribution is -0.136. The van der Waals surface area contributed by atoms with E-state index in [1.807, 2.05) is 30.3 Å². The van der Waals surface area contributed by atoms with Crippen LogP contribution in [0.15, 0.2) is 36.4 Å². The summed E-state index contributed by atoms with van der Waals surface area (Å²) in [4.78, 5) is 14.8. The van der Waals surface area contributed by atoms with E-state index in [1.54, 1.807) is 14.2 Å². The second-order valence-corrected chi connectivity index (χ2v) is 5.81. The molecule has 2 aromatic carbocycles. The second-order valence-electron chi connectivity index (χ2n) is 5.81. The SMILES string of the molecule is CCc1cccc2c(CC(=O)O)c(-c3ccc(OC)c(OC)c3)[nH]c12. The van der Waals surface area contributed by atoms with Crippen LogP contribution in [0, 0.1) is 0 Å². The normalized spacial score (nSPS) is 10.8. The van der Waals surface area contributed by atoms with Crippen LogP contribution in [0.3, 0.4) is 0 Å². The minimum Gasteiger partial charge on any atom is -0.493 e. The first kappa shape index (κ1) is 16.9. The van der Waals surface area contributed by atoms with E-state index in [0.29, 0.717) is 11.5 Å². The molecule has 0 bridgehead atoms. The largest absolute Gasteiger partial charge is 0.493 e. The zero-order valence-electron chi connectivity index (χ0n) is 14.6. The number of aromatic amines is 1. The third-order valence-corrected chi connectivity index (χ3v) is 4.41. The lowest BCUT2D eigenvalue weighted by Crippen LogP contribution is -2.01. The molecule has 25 heavy (non-hydrogen) atoms. The quantitative estimate of drug-likeness (QED) is 0.711. The third kappa shape index (κ3) is 3.05. The van der Waals surface area contributed by atoms with Crippen molar-refractivity contribution in [1.82, 2.24) is 4.98 Å². The molecule has 1 heterocycles. The topological polar surface area (TPSA) is 71.6 Å². The van der Waals surface area contributed by atoms with Gasteiger partial charge in [-0.2, -0.15) is 0 Å². The molecule has 0 aliphatic rings. The van der Waals surface area contributed by atoms with Crippen LogP contribution < -0.4 is 9.47 Å². The smallest absolute Gasteiger partial charge is 0.307 e. The zero-order chi connectivity index (χ0) is 18.0. The maximum Gasteiger partial charge on any atom is 0.307 e. The van der Waals surface area contributed by atoms with Gasteiger partial charge in [0.15, 0.2) is 11.5 Å². The van der Waals surface area contributed by atoms with Crippen LogP contribution in [0.1, 0.15) is 18.1 Å². The summed E-state index contributed by atoms with van der Waals surface area (Å²) in [6, 6.07) is 11.6. The fourth-order valence-electron chi connectivity index (χ4n) is 3.20. The van der Waals surface area contributed by atoms with Gasteiger partial charge in [0.1, 0.15) is 0 Å². The molecule has 3 aromatic rings. The Labute approximate surface area is 146 Å². The molecule has 0 radical (unpaired) electrons. The molecule has 0 saturated carbocycles. The zero-order valence-corrected chi connectivity index (χ0v) is 14.6. The van der Waals surface area contributed by atoms with Gasteiger partial charge in [0.05, 0.1) is 26.3 Å². The summed E-state index contributed by atoms with van der Waals surface area (Å²) in [5.74, 6) is 0.386. The van der Waals surface area contributed by atoms with E-state index >= 15 is 0 Å². The summed E-state index contributed by atoms with van der Waals surface area (Å²) >= 11 is 0. The minimum absolute atomic E-state index is 0.0448. The van der Waals surface area contributed by atoms with Gasteiger partial charge in [0.25, 0.3) is 0 Å². The van der Waals surface area contributed by atoms with Gasteiger partial charge in [-0.15, -0.1) is 0 Å². The molecule has 0 aliphatic heterocycles. The standard InChI is InChI=1S/C20H21NO4/c1-4-12-6-5-7-14-15(11-18(22)23)20(21-19(12)14)13-8-9-16(24-2)17(10-13)25-3/h5-10,21H,4,11H2,1-3H3,(H,22,23). The monoisotopic (exact) mass is 339 g/mol. The Morgan fingerprint density at radius 2 is 1.88 bits per heavy atom. The predicted molar refractivity (Wildman–Crippen MR) is 97.6 cm³/mol. The summed E-state index contributed by atoms with van der Waals surface area (Å²) in [6.45, 7) is 2.09. The molecule has 0 spiro atoms. The van der Waals surface area contributed by atoms with Crippen LogP contribution in [0.25, 0.3) is 22.2 Å². The second kappa shape index (κ2) is 6.89.